The maximum atomic E-state index is 11.2. The number of morpholine rings is 1. The van der Waals surface area contributed by atoms with E-state index in [0.717, 1.165) is 0 Å². The molecule has 0 aromatic heterocycles. The molecule has 80 valence electrons. The number of ether oxygens (including phenoxy) is 1. The van der Waals surface area contributed by atoms with E-state index in [2.05, 4.69) is 4.89 Å². The van der Waals surface area contributed by atoms with Crippen LogP contribution in [0.15, 0.2) is 0 Å². The Labute approximate surface area is 81.5 Å². The predicted octanol–water partition coefficient (Wildman–Crippen LogP) is -0.213. The van der Waals surface area contributed by atoms with Crippen LogP contribution in [0.1, 0.15) is 12.8 Å². The average Bonchev–Trinajstić information content (AvgIpc) is 2.15. The van der Waals surface area contributed by atoms with Gasteiger partial charge in [0.05, 0.1) is 25.3 Å². The number of rotatable bonds is 0. The van der Waals surface area contributed by atoms with Gasteiger partial charge in [-0.15, -0.1) is 0 Å². The third-order valence-electron chi connectivity index (χ3n) is 2.85. The molecule has 3 N–H and O–H groups in total. The minimum atomic E-state index is -0.699. The number of fused-ring (bicyclic) bond motifs is 2. The molecule has 0 aromatic rings. The Kier molecular flexibility index (Phi) is 2.58. The lowest BCUT2D eigenvalue weighted by atomic mass is 9.91. The van der Waals surface area contributed by atoms with Gasteiger partial charge in [-0.05, 0) is 12.8 Å². The number of nitrogens with two attached hydrogens (primary N) is 1. The van der Waals surface area contributed by atoms with Crippen LogP contribution in [0, 0.1) is 0 Å². The van der Waals surface area contributed by atoms with E-state index >= 15 is 0 Å². The Morgan fingerprint density at radius 2 is 2.00 bits per heavy atom. The highest BCUT2D eigenvalue weighted by atomic mass is 17.1. The van der Waals surface area contributed by atoms with Crippen molar-refractivity contribution >= 4 is 6.09 Å². The largest absolute Gasteiger partial charge is 0.441 e. The number of hydrogen-bond donors (Lipinski definition) is 2. The van der Waals surface area contributed by atoms with Gasteiger partial charge in [0.25, 0.3) is 0 Å². The molecule has 0 spiro atoms. The number of carbonyl (C=O) groups is 1. The Hall–Kier alpha value is -0.850. The predicted molar refractivity (Wildman–Crippen MR) is 46.6 cm³/mol. The Balaban J connectivity index is 2.12. The molecule has 14 heavy (non-hydrogen) atoms. The van der Waals surface area contributed by atoms with Crippen molar-refractivity contribution in [3.8, 4) is 0 Å². The van der Waals surface area contributed by atoms with Gasteiger partial charge in [-0.3, -0.25) is 9.79 Å². The highest BCUT2D eigenvalue weighted by Gasteiger charge is 2.41. The Bertz CT molecular complexity index is 221. The minimum Gasteiger partial charge on any atom is -0.377 e. The Morgan fingerprint density at radius 1 is 1.43 bits per heavy atom. The van der Waals surface area contributed by atoms with E-state index in [0.29, 0.717) is 26.1 Å². The summed E-state index contributed by atoms with van der Waals surface area (Å²) >= 11 is 0. The molecule has 2 aliphatic rings. The maximum Gasteiger partial charge on any atom is 0.441 e. The standard InChI is InChI=1S/C8H14N2O4/c9-5-1-6-3-13-4-7(2-5)10(6)8(11)14-12/h5-7,12H,1-4,9H2. The molecule has 2 fully saturated rings. The molecule has 0 aliphatic carbocycles. The van der Waals surface area contributed by atoms with E-state index in [1.54, 1.807) is 0 Å². The van der Waals surface area contributed by atoms with Crippen LogP contribution in [0.2, 0.25) is 0 Å². The van der Waals surface area contributed by atoms with Gasteiger partial charge in [0.1, 0.15) is 0 Å². The van der Waals surface area contributed by atoms with Crippen molar-refractivity contribution in [2.75, 3.05) is 13.2 Å². The van der Waals surface area contributed by atoms with E-state index < -0.39 is 6.09 Å². The van der Waals surface area contributed by atoms with Gasteiger partial charge in [0.2, 0.25) is 0 Å². The molecule has 0 saturated carbocycles. The maximum absolute atomic E-state index is 11.2. The van der Waals surface area contributed by atoms with Gasteiger partial charge in [-0.1, -0.05) is 0 Å². The Morgan fingerprint density at radius 3 is 2.50 bits per heavy atom. The molecular weight excluding hydrogens is 188 g/mol. The van der Waals surface area contributed by atoms with E-state index in [1.807, 2.05) is 0 Å². The highest BCUT2D eigenvalue weighted by molar-refractivity contribution is 5.68. The third kappa shape index (κ3) is 1.56. The van der Waals surface area contributed by atoms with Crippen LogP contribution in [-0.4, -0.2) is 47.6 Å². The summed E-state index contributed by atoms with van der Waals surface area (Å²) in [5.74, 6) is 0. The quantitative estimate of drug-likeness (QED) is 0.419. The van der Waals surface area contributed by atoms with Crippen LogP contribution in [0.25, 0.3) is 0 Å². The SMILES string of the molecule is NC1CC2COCC(C1)N2C(=O)OO. The van der Waals surface area contributed by atoms with Crippen molar-refractivity contribution < 1.29 is 19.7 Å². The van der Waals surface area contributed by atoms with Crippen molar-refractivity contribution in [3.05, 3.63) is 0 Å². The van der Waals surface area contributed by atoms with E-state index in [1.165, 1.54) is 4.90 Å². The van der Waals surface area contributed by atoms with Crippen LogP contribution in [0.4, 0.5) is 4.79 Å². The first-order valence-electron chi connectivity index (χ1n) is 4.69. The molecular formula is C8H14N2O4. The monoisotopic (exact) mass is 202 g/mol. The van der Waals surface area contributed by atoms with E-state index in [-0.39, 0.29) is 18.1 Å². The summed E-state index contributed by atoms with van der Waals surface area (Å²) in [5.41, 5.74) is 5.83. The normalized spacial score (nSPS) is 36.7. The molecule has 0 radical (unpaired) electrons. The molecule has 0 aromatic carbocycles. The molecule has 6 nitrogen and oxygen atoms in total. The number of hydrogen-bond acceptors (Lipinski definition) is 5. The fourth-order valence-corrected chi connectivity index (χ4v) is 2.30. The zero-order chi connectivity index (χ0) is 10.1. The number of piperidine rings is 1. The van der Waals surface area contributed by atoms with Crippen LogP contribution in [0.3, 0.4) is 0 Å². The van der Waals surface area contributed by atoms with Gasteiger partial charge < -0.3 is 10.5 Å². The second-order valence-corrected chi connectivity index (χ2v) is 3.84. The third-order valence-corrected chi connectivity index (χ3v) is 2.85. The van der Waals surface area contributed by atoms with Gasteiger partial charge in [-0.2, -0.15) is 5.26 Å². The smallest absolute Gasteiger partial charge is 0.377 e. The second-order valence-electron chi connectivity index (χ2n) is 3.84. The van der Waals surface area contributed by atoms with Crippen molar-refractivity contribution in [3.63, 3.8) is 0 Å². The van der Waals surface area contributed by atoms with Gasteiger partial charge in [0, 0.05) is 6.04 Å². The first kappa shape index (κ1) is 9.70. The summed E-state index contributed by atoms with van der Waals surface area (Å²) in [5, 5.41) is 8.34. The van der Waals surface area contributed by atoms with E-state index in [4.69, 9.17) is 15.7 Å². The molecule has 2 aliphatic heterocycles. The number of carbonyl (C=O) groups excluding carboxylic acids is 1. The lowest BCUT2D eigenvalue weighted by molar-refractivity contribution is -0.202. The second kappa shape index (κ2) is 3.72. The molecule has 1 amide bonds. The molecule has 2 saturated heterocycles. The summed E-state index contributed by atoms with van der Waals surface area (Å²) in [6.07, 6.45) is 0.701. The lowest BCUT2D eigenvalue weighted by Crippen LogP contribution is -2.61. The van der Waals surface area contributed by atoms with Gasteiger partial charge in [0.15, 0.2) is 0 Å². The molecule has 2 unspecified atom stereocenters. The summed E-state index contributed by atoms with van der Waals surface area (Å²) in [7, 11) is 0. The zero-order valence-corrected chi connectivity index (χ0v) is 7.76. The molecule has 2 heterocycles. The van der Waals surface area contributed by atoms with Gasteiger partial charge >= 0.3 is 6.09 Å². The van der Waals surface area contributed by atoms with Crippen molar-refractivity contribution in [1.29, 1.82) is 0 Å². The average molecular weight is 202 g/mol. The topological polar surface area (TPSA) is 85.0 Å². The highest BCUT2D eigenvalue weighted by Crippen LogP contribution is 2.27. The number of amides is 1. The fraction of sp³-hybridized carbons (Fsp3) is 0.875. The molecule has 2 atom stereocenters. The van der Waals surface area contributed by atoms with Crippen LogP contribution >= 0.6 is 0 Å². The number of nitrogens with zero attached hydrogens (tertiary/aromatic N) is 1. The summed E-state index contributed by atoms with van der Waals surface area (Å²) in [6, 6.07) is -0.00839. The summed E-state index contributed by atoms with van der Waals surface area (Å²) in [4.78, 5) is 16.5. The molecule has 2 bridgehead atoms. The van der Waals surface area contributed by atoms with Crippen molar-refractivity contribution in [1.82, 2.24) is 4.90 Å². The van der Waals surface area contributed by atoms with Gasteiger partial charge in [-0.25, -0.2) is 4.79 Å². The molecule has 2 rings (SSSR count). The van der Waals surface area contributed by atoms with Crippen LogP contribution < -0.4 is 5.73 Å². The van der Waals surface area contributed by atoms with Crippen LogP contribution in [0.5, 0.6) is 0 Å². The summed E-state index contributed by atoms with van der Waals surface area (Å²) in [6.45, 7) is 0.943. The molecule has 6 heteroatoms. The summed E-state index contributed by atoms with van der Waals surface area (Å²) < 4.78 is 5.32. The first-order valence-corrected chi connectivity index (χ1v) is 4.69. The lowest BCUT2D eigenvalue weighted by Gasteiger charge is -2.46. The van der Waals surface area contributed by atoms with Crippen LogP contribution in [-0.2, 0) is 9.62 Å². The zero-order valence-electron chi connectivity index (χ0n) is 7.76. The fourth-order valence-electron chi connectivity index (χ4n) is 2.30. The van der Waals surface area contributed by atoms with Crippen molar-refractivity contribution in [2.45, 2.75) is 31.0 Å². The minimum absolute atomic E-state index is 0.0582. The van der Waals surface area contributed by atoms with Crippen molar-refractivity contribution in [2.24, 2.45) is 5.73 Å². The van der Waals surface area contributed by atoms with E-state index in [9.17, 15) is 4.79 Å². The first-order chi connectivity index (χ1) is 6.72.